The minimum absolute atomic E-state index is 0.0893. The van der Waals surface area contributed by atoms with Crippen molar-refractivity contribution >= 4 is 38.9 Å². The van der Waals surface area contributed by atoms with Crippen molar-refractivity contribution in [2.75, 3.05) is 11.9 Å². The van der Waals surface area contributed by atoms with Gasteiger partial charge in [-0.15, -0.1) is 11.3 Å². The van der Waals surface area contributed by atoms with Gasteiger partial charge in [-0.2, -0.15) is 4.31 Å². The van der Waals surface area contributed by atoms with Crippen molar-refractivity contribution in [3.63, 3.8) is 0 Å². The fourth-order valence-electron chi connectivity index (χ4n) is 3.81. The van der Waals surface area contributed by atoms with Crippen LogP contribution in [0.15, 0.2) is 64.9 Å². The maximum Gasteiger partial charge on any atom is 0.255 e. The lowest BCUT2D eigenvalue weighted by Gasteiger charge is -2.26. The van der Waals surface area contributed by atoms with Crippen molar-refractivity contribution in [1.82, 2.24) is 9.62 Å². The molecule has 0 atom stereocenters. The van der Waals surface area contributed by atoms with E-state index in [-0.39, 0.29) is 22.4 Å². The highest BCUT2D eigenvalue weighted by atomic mass is 32.2. The van der Waals surface area contributed by atoms with Gasteiger partial charge in [-0.1, -0.05) is 12.1 Å². The van der Waals surface area contributed by atoms with E-state index in [1.165, 1.54) is 21.3 Å². The average molecular weight is 482 g/mol. The van der Waals surface area contributed by atoms with Gasteiger partial charge in [0.05, 0.1) is 4.90 Å². The topological polar surface area (TPSA) is 95.6 Å². The minimum Gasteiger partial charge on any atom is -0.349 e. The Morgan fingerprint density at radius 3 is 2.52 bits per heavy atom. The molecule has 33 heavy (non-hydrogen) atoms. The number of nitrogens with one attached hydrogen (secondary N) is 2. The fraction of sp³-hybridized carbons (Fsp3) is 0.250. The molecular weight excluding hydrogens is 458 g/mol. The summed E-state index contributed by atoms with van der Waals surface area (Å²) < 4.78 is 27.9. The van der Waals surface area contributed by atoms with Crippen LogP contribution in [-0.4, -0.2) is 37.1 Å². The zero-order valence-corrected chi connectivity index (χ0v) is 19.4. The Hall–Kier alpha value is -3.01. The summed E-state index contributed by atoms with van der Waals surface area (Å²) in [5, 5.41) is 7.67. The number of fused-ring (bicyclic) bond motifs is 1. The van der Waals surface area contributed by atoms with Crippen LogP contribution in [0.3, 0.4) is 0 Å². The summed E-state index contributed by atoms with van der Waals surface area (Å²) in [5.74, 6) is -0.609. The van der Waals surface area contributed by atoms with Gasteiger partial charge in [0.1, 0.15) is 0 Å². The van der Waals surface area contributed by atoms with Gasteiger partial charge in [0.25, 0.3) is 11.8 Å². The van der Waals surface area contributed by atoms with Gasteiger partial charge in [0, 0.05) is 40.8 Å². The van der Waals surface area contributed by atoms with E-state index in [4.69, 9.17) is 0 Å². The third-order valence-corrected chi connectivity index (χ3v) is 8.67. The molecule has 0 unspecified atom stereocenters. The van der Waals surface area contributed by atoms with Gasteiger partial charge in [-0.05, 0) is 72.7 Å². The van der Waals surface area contributed by atoms with Crippen LogP contribution in [0.25, 0.3) is 0 Å². The zero-order chi connectivity index (χ0) is 23.0. The molecule has 3 aromatic rings. The highest BCUT2D eigenvalue weighted by Gasteiger charge is 2.29. The van der Waals surface area contributed by atoms with Gasteiger partial charge in [0.2, 0.25) is 10.0 Å². The summed E-state index contributed by atoms with van der Waals surface area (Å²) in [4.78, 5) is 26.4. The number of sulfonamides is 1. The largest absolute Gasteiger partial charge is 0.349 e. The van der Waals surface area contributed by atoms with Crippen LogP contribution in [0, 0.1) is 0 Å². The molecule has 1 aliphatic heterocycles. The van der Waals surface area contributed by atoms with E-state index in [9.17, 15) is 18.0 Å². The normalized spacial score (nSPS) is 16.1. The second-order valence-corrected chi connectivity index (χ2v) is 11.2. The summed E-state index contributed by atoms with van der Waals surface area (Å²) in [6, 6.07) is 15.0. The number of carbonyl (C=O) groups excluding carboxylic acids is 2. The van der Waals surface area contributed by atoms with Crippen molar-refractivity contribution in [3.8, 4) is 0 Å². The molecule has 7 nitrogen and oxygen atoms in total. The summed E-state index contributed by atoms with van der Waals surface area (Å²) in [6.07, 6.45) is 2.68. The summed E-state index contributed by atoms with van der Waals surface area (Å²) in [6.45, 7) is 0.759. The van der Waals surface area contributed by atoms with Crippen LogP contribution in [-0.2, 0) is 23.0 Å². The minimum atomic E-state index is -3.73. The van der Waals surface area contributed by atoms with Crippen LogP contribution in [0.5, 0.6) is 0 Å². The number of rotatable bonds is 6. The lowest BCUT2D eigenvalue weighted by atomic mass is 10.1. The quantitative estimate of drug-likeness (QED) is 0.562. The lowest BCUT2D eigenvalue weighted by molar-refractivity contribution is 0.0949. The number of amides is 2. The zero-order valence-electron chi connectivity index (χ0n) is 17.8. The van der Waals surface area contributed by atoms with E-state index in [0.717, 1.165) is 18.4 Å². The Labute approximate surface area is 196 Å². The van der Waals surface area contributed by atoms with Crippen molar-refractivity contribution in [2.24, 2.45) is 0 Å². The standard InChI is InChI=1S/C24H23N3O4S2/c28-23(25-19-7-8-19)16-3-1-5-20(13-16)26-24(29)17-4-2-6-21(14-17)33(30,31)27-11-9-22-18(15-27)10-12-32-22/h1-6,10,12-14,19H,7-9,11,15H2,(H,25,28)(H,26,29). The van der Waals surface area contributed by atoms with E-state index < -0.39 is 15.9 Å². The fourth-order valence-corrected chi connectivity index (χ4v) is 6.17. The summed E-state index contributed by atoms with van der Waals surface area (Å²) >= 11 is 1.65. The third-order valence-electron chi connectivity index (χ3n) is 5.80. The molecule has 0 bridgehead atoms. The van der Waals surface area contributed by atoms with Crippen LogP contribution in [0.4, 0.5) is 5.69 Å². The van der Waals surface area contributed by atoms with Gasteiger partial charge in [-0.25, -0.2) is 8.42 Å². The Morgan fingerprint density at radius 2 is 1.73 bits per heavy atom. The first-order valence-electron chi connectivity index (χ1n) is 10.8. The van der Waals surface area contributed by atoms with Crippen LogP contribution < -0.4 is 10.6 Å². The second-order valence-electron chi connectivity index (χ2n) is 8.27. The molecule has 1 saturated carbocycles. The van der Waals surface area contributed by atoms with E-state index in [1.807, 2.05) is 11.4 Å². The number of anilines is 1. The maximum atomic E-state index is 13.2. The third kappa shape index (κ3) is 4.71. The molecule has 0 spiro atoms. The molecule has 1 aliphatic carbocycles. The van der Waals surface area contributed by atoms with E-state index in [0.29, 0.717) is 30.8 Å². The van der Waals surface area contributed by atoms with Crippen molar-refractivity contribution in [1.29, 1.82) is 0 Å². The predicted octanol–water partition coefficient (Wildman–Crippen LogP) is 3.64. The maximum absolute atomic E-state index is 13.2. The first kappa shape index (κ1) is 21.8. The molecule has 2 aromatic carbocycles. The molecule has 0 radical (unpaired) electrons. The monoisotopic (exact) mass is 481 g/mol. The van der Waals surface area contributed by atoms with Gasteiger partial charge in [0.15, 0.2) is 0 Å². The number of carbonyl (C=O) groups is 2. The van der Waals surface area contributed by atoms with Crippen LogP contribution >= 0.6 is 11.3 Å². The summed E-state index contributed by atoms with van der Waals surface area (Å²) in [7, 11) is -3.73. The molecule has 1 fully saturated rings. The summed E-state index contributed by atoms with van der Waals surface area (Å²) in [5.41, 5.74) is 2.21. The number of nitrogens with zero attached hydrogens (tertiary/aromatic N) is 1. The van der Waals surface area contributed by atoms with E-state index in [2.05, 4.69) is 10.6 Å². The first-order chi connectivity index (χ1) is 15.9. The average Bonchev–Trinajstić information content (AvgIpc) is 3.51. The van der Waals surface area contributed by atoms with Crippen molar-refractivity contribution < 1.29 is 18.0 Å². The highest BCUT2D eigenvalue weighted by Crippen LogP contribution is 2.28. The van der Waals surface area contributed by atoms with Gasteiger partial charge >= 0.3 is 0 Å². The Balaban J connectivity index is 1.32. The molecule has 9 heteroatoms. The molecule has 2 aliphatic rings. The molecule has 170 valence electrons. The first-order valence-corrected chi connectivity index (χ1v) is 13.1. The van der Waals surface area contributed by atoms with Crippen LogP contribution in [0.2, 0.25) is 0 Å². The molecule has 2 N–H and O–H groups in total. The Kier molecular flexibility index (Phi) is 5.77. The number of benzene rings is 2. The van der Waals surface area contributed by atoms with Crippen LogP contribution in [0.1, 0.15) is 44.0 Å². The smallest absolute Gasteiger partial charge is 0.255 e. The second kappa shape index (κ2) is 8.74. The molecule has 5 rings (SSSR count). The van der Waals surface area contributed by atoms with Crippen molar-refractivity contribution in [2.45, 2.75) is 36.7 Å². The van der Waals surface area contributed by atoms with E-state index >= 15 is 0 Å². The number of hydrogen-bond donors (Lipinski definition) is 2. The molecule has 1 aromatic heterocycles. The Morgan fingerprint density at radius 1 is 0.970 bits per heavy atom. The highest BCUT2D eigenvalue weighted by molar-refractivity contribution is 7.89. The predicted molar refractivity (Wildman–Crippen MR) is 127 cm³/mol. The molecule has 2 amide bonds. The Bertz CT molecular complexity index is 1330. The molecule has 0 saturated heterocycles. The SMILES string of the molecule is O=C(Nc1cccc(C(=O)NC2CC2)c1)c1cccc(S(=O)(=O)N2CCc3sccc3C2)c1. The number of hydrogen-bond acceptors (Lipinski definition) is 5. The van der Waals surface area contributed by atoms with Crippen molar-refractivity contribution in [3.05, 3.63) is 81.5 Å². The molecular formula is C24H23N3O4S2. The number of thiophene rings is 1. The molecule has 2 heterocycles. The van der Waals surface area contributed by atoms with Gasteiger partial charge < -0.3 is 10.6 Å². The lowest BCUT2D eigenvalue weighted by Crippen LogP contribution is -2.35. The van der Waals surface area contributed by atoms with Gasteiger partial charge in [-0.3, -0.25) is 9.59 Å². The van der Waals surface area contributed by atoms with E-state index in [1.54, 1.807) is 47.7 Å².